The molecular weight excluding hydrogens is 371 g/mol. The quantitative estimate of drug-likeness (QED) is 0.598. The molecule has 0 atom stereocenters. The summed E-state index contributed by atoms with van der Waals surface area (Å²) in [5.74, 6) is -0.538. The van der Waals surface area contributed by atoms with Gasteiger partial charge < -0.3 is 5.11 Å². The lowest BCUT2D eigenvalue weighted by Gasteiger charge is -2.16. The molecular formula is C17H10F3NO2S2. The van der Waals surface area contributed by atoms with Gasteiger partial charge in [0.15, 0.2) is 4.32 Å². The summed E-state index contributed by atoms with van der Waals surface area (Å²) in [7, 11) is 0. The van der Waals surface area contributed by atoms with Gasteiger partial charge in [-0.1, -0.05) is 48.2 Å². The molecule has 3 nitrogen and oxygen atoms in total. The molecule has 1 saturated heterocycles. The summed E-state index contributed by atoms with van der Waals surface area (Å²) in [6.45, 7) is 0. The maximum atomic E-state index is 12.9. The molecule has 0 aliphatic carbocycles. The van der Waals surface area contributed by atoms with Crippen LogP contribution in [0.3, 0.4) is 0 Å². The van der Waals surface area contributed by atoms with Crippen molar-refractivity contribution < 1.29 is 23.1 Å². The molecule has 1 heterocycles. The van der Waals surface area contributed by atoms with Crippen molar-refractivity contribution in [2.75, 3.05) is 4.90 Å². The number of aromatic hydroxyl groups is 1. The lowest BCUT2D eigenvalue weighted by atomic mass is 10.1. The van der Waals surface area contributed by atoms with E-state index in [9.17, 15) is 23.1 Å². The Hall–Kier alpha value is -2.32. The number of phenols is 1. The smallest absolute Gasteiger partial charge is 0.416 e. The third kappa shape index (κ3) is 3.54. The number of phenolic OH excluding ortho intramolecular Hbond substituents is 1. The molecule has 1 fully saturated rings. The van der Waals surface area contributed by atoms with Crippen LogP contribution in [0.25, 0.3) is 6.08 Å². The molecule has 2 aromatic carbocycles. The number of carbonyl (C=O) groups is 1. The minimum atomic E-state index is -4.51. The Bertz CT molecular complexity index is 893. The monoisotopic (exact) mass is 381 g/mol. The van der Waals surface area contributed by atoms with Crippen LogP contribution in [0, 0.1) is 0 Å². The summed E-state index contributed by atoms with van der Waals surface area (Å²) < 4.78 is 38.8. The number of rotatable bonds is 2. The number of amides is 1. The predicted octanol–water partition coefficient (Wildman–Crippen LogP) is 4.82. The molecule has 1 N–H and O–H groups in total. The molecule has 0 radical (unpaired) electrons. The van der Waals surface area contributed by atoms with E-state index < -0.39 is 17.6 Å². The number of nitrogens with zero attached hydrogens (tertiary/aromatic N) is 1. The van der Waals surface area contributed by atoms with Crippen LogP contribution in [-0.2, 0) is 11.0 Å². The number of para-hydroxylation sites is 1. The van der Waals surface area contributed by atoms with E-state index in [2.05, 4.69) is 0 Å². The SMILES string of the molecule is O=C1/C(=C/c2ccccc2O)SC(=S)N1c1cccc(C(F)(F)F)c1. The highest BCUT2D eigenvalue weighted by atomic mass is 32.2. The molecule has 0 spiro atoms. The van der Waals surface area contributed by atoms with Crippen molar-refractivity contribution >= 4 is 46.0 Å². The second kappa shape index (κ2) is 6.53. The van der Waals surface area contributed by atoms with Gasteiger partial charge in [0.2, 0.25) is 0 Å². The van der Waals surface area contributed by atoms with Gasteiger partial charge in [0.1, 0.15) is 5.75 Å². The normalized spacial score (nSPS) is 16.8. The molecule has 8 heteroatoms. The van der Waals surface area contributed by atoms with Crippen molar-refractivity contribution in [1.29, 1.82) is 0 Å². The van der Waals surface area contributed by atoms with Gasteiger partial charge >= 0.3 is 6.18 Å². The number of hydrogen-bond donors (Lipinski definition) is 1. The van der Waals surface area contributed by atoms with Crippen LogP contribution >= 0.6 is 24.0 Å². The molecule has 2 aromatic rings. The lowest BCUT2D eigenvalue weighted by Crippen LogP contribution is -2.27. The standard InChI is InChI=1S/C17H10F3NO2S2/c18-17(19,20)11-5-3-6-12(9-11)21-15(23)14(25-16(21)24)8-10-4-1-2-7-13(10)22/h1-9,22H/b14-8-. The first-order valence-corrected chi connectivity index (χ1v) is 8.23. The maximum Gasteiger partial charge on any atom is 0.416 e. The summed E-state index contributed by atoms with van der Waals surface area (Å²) >= 11 is 6.12. The fourth-order valence-corrected chi connectivity index (χ4v) is 3.55. The van der Waals surface area contributed by atoms with Gasteiger partial charge in [-0.2, -0.15) is 13.2 Å². The van der Waals surface area contributed by atoms with Crippen molar-refractivity contribution in [3.05, 3.63) is 64.6 Å². The second-order valence-electron chi connectivity index (χ2n) is 5.12. The third-order valence-corrected chi connectivity index (χ3v) is 4.75. The molecule has 0 aromatic heterocycles. The van der Waals surface area contributed by atoms with Gasteiger partial charge in [-0.3, -0.25) is 9.69 Å². The average molecular weight is 381 g/mol. The van der Waals surface area contributed by atoms with Gasteiger partial charge in [-0.25, -0.2) is 0 Å². The molecule has 1 amide bonds. The zero-order chi connectivity index (χ0) is 18.2. The minimum Gasteiger partial charge on any atom is -0.507 e. The van der Waals surface area contributed by atoms with Crippen LogP contribution in [0.1, 0.15) is 11.1 Å². The zero-order valence-corrected chi connectivity index (χ0v) is 14.1. The summed E-state index contributed by atoms with van der Waals surface area (Å²) in [5.41, 5.74) is -0.381. The average Bonchev–Trinajstić information content (AvgIpc) is 2.83. The first-order chi connectivity index (χ1) is 11.8. The first-order valence-electron chi connectivity index (χ1n) is 7.00. The van der Waals surface area contributed by atoms with Crippen molar-refractivity contribution in [2.45, 2.75) is 6.18 Å². The minimum absolute atomic E-state index is 0.00756. The Labute approximate surface area is 150 Å². The van der Waals surface area contributed by atoms with Gasteiger partial charge in [-0.15, -0.1) is 0 Å². The lowest BCUT2D eigenvalue weighted by molar-refractivity contribution is -0.137. The Balaban J connectivity index is 1.96. The van der Waals surface area contributed by atoms with Crippen molar-refractivity contribution in [2.24, 2.45) is 0 Å². The Morgan fingerprint density at radius 1 is 1.12 bits per heavy atom. The van der Waals surface area contributed by atoms with Crippen molar-refractivity contribution in [3.8, 4) is 5.75 Å². The van der Waals surface area contributed by atoms with Crippen LogP contribution in [0.15, 0.2) is 53.4 Å². The maximum absolute atomic E-state index is 12.9. The highest BCUT2D eigenvalue weighted by Gasteiger charge is 2.36. The van der Waals surface area contributed by atoms with E-state index in [1.807, 2.05) is 0 Å². The molecule has 1 aliphatic heterocycles. The van der Waals surface area contributed by atoms with E-state index >= 15 is 0 Å². The highest BCUT2D eigenvalue weighted by Crippen LogP contribution is 2.39. The van der Waals surface area contributed by atoms with Crippen LogP contribution in [0.5, 0.6) is 5.75 Å². The molecule has 0 unspecified atom stereocenters. The third-order valence-electron chi connectivity index (χ3n) is 3.45. The number of thiocarbonyl (C=S) groups is 1. The summed E-state index contributed by atoms with van der Waals surface area (Å²) in [6, 6.07) is 10.9. The number of hydrogen-bond acceptors (Lipinski definition) is 4. The van der Waals surface area contributed by atoms with Crippen LogP contribution in [0.4, 0.5) is 18.9 Å². The largest absolute Gasteiger partial charge is 0.507 e. The number of carbonyl (C=O) groups excluding carboxylic acids is 1. The Kier molecular flexibility index (Phi) is 4.57. The van der Waals surface area contributed by atoms with Gasteiger partial charge in [0, 0.05) is 5.56 Å². The van der Waals surface area contributed by atoms with E-state index in [0.29, 0.717) is 5.56 Å². The van der Waals surface area contributed by atoms with Gasteiger partial charge in [-0.05, 0) is 30.3 Å². The Morgan fingerprint density at radius 3 is 2.52 bits per heavy atom. The number of alkyl halides is 3. The molecule has 3 rings (SSSR count). The van der Waals surface area contributed by atoms with Gasteiger partial charge in [0.25, 0.3) is 5.91 Å². The van der Waals surface area contributed by atoms with E-state index in [1.165, 1.54) is 24.3 Å². The van der Waals surface area contributed by atoms with Crippen LogP contribution in [-0.4, -0.2) is 15.3 Å². The van der Waals surface area contributed by atoms with E-state index in [0.717, 1.165) is 28.8 Å². The topological polar surface area (TPSA) is 40.5 Å². The van der Waals surface area contributed by atoms with E-state index in [1.54, 1.807) is 18.2 Å². The summed E-state index contributed by atoms with van der Waals surface area (Å²) in [4.78, 5) is 13.9. The van der Waals surface area contributed by atoms with Crippen LogP contribution in [0.2, 0.25) is 0 Å². The number of benzene rings is 2. The molecule has 0 saturated carbocycles. The number of anilines is 1. The highest BCUT2D eigenvalue weighted by molar-refractivity contribution is 8.27. The molecule has 0 bridgehead atoms. The fraction of sp³-hybridized carbons (Fsp3) is 0.0588. The first kappa shape index (κ1) is 17.5. The van der Waals surface area contributed by atoms with Crippen molar-refractivity contribution in [3.63, 3.8) is 0 Å². The number of halogens is 3. The zero-order valence-electron chi connectivity index (χ0n) is 12.4. The van der Waals surface area contributed by atoms with E-state index in [4.69, 9.17) is 12.2 Å². The Morgan fingerprint density at radius 2 is 1.84 bits per heavy atom. The summed E-state index contributed by atoms with van der Waals surface area (Å²) in [5, 5.41) is 9.80. The molecule has 1 aliphatic rings. The second-order valence-corrected chi connectivity index (χ2v) is 6.80. The molecule has 25 heavy (non-hydrogen) atoms. The number of thioether (sulfide) groups is 1. The predicted molar refractivity (Wildman–Crippen MR) is 95.2 cm³/mol. The van der Waals surface area contributed by atoms with Gasteiger partial charge in [0.05, 0.1) is 16.2 Å². The summed E-state index contributed by atoms with van der Waals surface area (Å²) in [6.07, 6.45) is -3.05. The van der Waals surface area contributed by atoms with Crippen LogP contribution < -0.4 is 4.90 Å². The fourth-order valence-electron chi connectivity index (χ4n) is 2.26. The molecule has 128 valence electrons. The van der Waals surface area contributed by atoms with Crippen molar-refractivity contribution in [1.82, 2.24) is 0 Å². The van der Waals surface area contributed by atoms with E-state index in [-0.39, 0.29) is 20.7 Å².